The topological polar surface area (TPSA) is 141 Å². The Kier molecular flexibility index (Phi) is 7.34. The summed E-state index contributed by atoms with van der Waals surface area (Å²) in [6.07, 6.45) is -1.12. The van der Waals surface area contributed by atoms with Crippen LogP contribution in [0, 0.1) is 0 Å². The molecule has 1 amide bonds. The Morgan fingerprint density at radius 1 is 1.36 bits per heavy atom. The predicted molar refractivity (Wildman–Crippen MR) is 43.3 cm³/mol. The molecule has 0 bridgehead atoms. The summed E-state index contributed by atoms with van der Waals surface area (Å²) in [6, 6.07) is 0. The standard InChI is InChI=1S/C4H7NO7S.Na/c6-3(7)1-2(4(8)5-9)13(10,11)12;/h2,9H,1H2,(H,5,8)(H,6,7)(H,10,11,12);. The van der Waals surface area contributed by atoms with Gasteiger partial charge < -0.3 is 5.11 Å². The second kappa shape index (κ2) is 6.32. The minimum absolute atomic E-state index is 0. The van der Waals surface area contributed by atoms with Crippen LogP contribution in [-0.4, -0.2) is 70.0 Å². The zero-order valence-electron chi connectivity index (χ0n) is 7.17. The molecular weight excluding hydrogens is 229 g/mol. The Morgan fingerprint density at radius 3 is 2.00 bits per heavy atom. The first-order chi connectivity index (χ1) is 5.79. The Bertz CT molecular complexity index is 312. The third-order valence-corrected chi connectivity index (χ3v) is 2.22. The molecule has 0 aromatic carbocycles. The molecule has 1 unspecified atom stereocenters. The number of carbonyl (C=O) groups excluding carboxylic acids is 1. The molecule has 0 aliphatic carbocycles. The van der Waals surface area contributed by atoms with Crippen LogP contribution in [0.3, 0.4) is 0 Å². The molecule has 0 aliphatic heterocycles. The molecule has 1 radical (unpaired) electrons. The fourth-order valence-electron chi connectivity index (χ4n) is 0.564. The van der Waals surface area contributed by atoms with Crippen LogP contribution >= 0.6 is 0 Å². The van der Waals surface area contributed by atoms with E-state index >= 15 is 0 Å². The van der Waals surface area contributed by atoms with Crippen LogP contribution in [0.15, 0.2) is 0 Å². The van der Waals surface area contributed by atoms with Crippen molar-refractivity contribution in [2.45, 2.75) is 11.7 Å². The van der Waals surface area contributed by atoms with Crippen molar-refractivity contribution in [2.24, 2.45) is 0 Å². The van der Waals surface area contributed by atoms with Gasteiger partial charge in [0.25, 0.3) is 16.0 Å². The summed E-state index contributed by atoms with van der Waals surface area (Å²) in [5, 5.41) is 14.0. The number of nitrogens with one attached hydrogen (secondary N) is 1. The number of carboxylic acids is 1. The molecule has 8 nitrogen and oxygen atoms in total. The summed E-state index contributed by atoms with van der Waals surface area (Å²) in [5.41, 5.74) is 0.936. The molecule has 0 saturated carbocycles. The van der Waals surface area contributed by atoms with Crippen molar-refractivity contribution in [1.29, 1.82) is 0 Å². The van der Waals surface area contributed by atoms with Crippen molar-refractivity contribution in [1.82, 2.24) is 5.48 Å². The van der Waals surface area contributed by atoms with Gasteiger partial charge in [-0.3, -0.25) is 19.3 Å². The molecule has 0 saturated heterocycles. The SMILES string of the molecule is O=C(O)CC(C(=O)NO)S(=O)(=O)O.[Na]. The number of carboxylic acid groups (broad SMARTS) is 1. The van der Waals surface area contributed by atoms with Crippen LogP contribution in [0.1, 0.15) is 6.42 Å². The second-order valence-corrected chi connectivity index (χ2v) is 3.68. The van der Waals surface area contributed by atoms with E-state index in [1.807, 2.05) is 0 Å². The maximum absolute atomic E-state index is 10.5. The predicted octanol–water partition coefficient (Wildman–Crippen LogP) is -2.16. The van der Waals surface area contributed by atoms with Crippen LogP contribution in [-0.2, 0) is 19.7 Å². The zero-order chi connectivity index (χ0) is 10.6. The van der Waals surface area contributed by atoms with E-state index in [1.54, 1.807) is 0 Å². The van der Waals surface area contributed by atoms with Gasteiger partial charge in [-0.25, -0.2) is 5.48 Å². The van der Waals surface area contributed by atoms with Crippen LogP contribution in [0.2, 0.25) is 0 Å². The first-order valence-corrected chi connectivity index (χ1v) is 4.41. The summed E-state index contributed by atoms with van der Waals surface area (Å²) in [5.74, 6) is -3.09. The first kappa shape index (κ1) is 16.2. The number of carbonyl (C=O) groups is 2. The van der Waals surface area contributed by atoms with Gasteiger partial charge in [-0.15, -0.1) is 0 Å². The van der Waals surface area contributed by atoms with Crippen LogP contribution in [0.4, 0.5) is 0 Å². The van der Waals surface area contributed by atoms with Gasteiger partial charge in [-0.05, 0) is 0 Å². The molecule has 0 aliphatic rings. The van der Waals surface area contributed by atoms with E-state index in [0.29, 0.717) is 0 Å². The second-order valence-electron chi connectivity index (χ2n) is 2.08. The van der Waals surface area contributed by atoms with Gasteiger partial charge in [0.1, 0.15) is 0 Å². The normalized spacial score (nSPS) is 12.4. The van der Waals surface area contributed by atoms with Gasteiger partial charge in [0.05, 0.1) is 6.42 Å². The van der Waals surface area contributed by atoms with Crippen molar-refractivity contribution >= 4 is 51.6 Å². The summed E-state index contributed by atoms with van der Waals surface area (Å²) >= 11 is 0. The minimum Gasteiger partial charge on any atom is -0.481 e. The summed E-state index contributed by atoms with van der Waals surface area (Å²) in [4.78, 5) is 20.6. The van der Waals surface area contributed by atoms with E-state index in [4.69, 9.17) is 14.9 Å². The molecule has 0 rings (SSSR count). The van der Waals surface area contributed by atoms with Crippen LogP contribution < -0.4 is 5.48 Å². The summed E-state index contributed by atoms with van der Waals surface area (Å²) in [7, 11) is -4.82. The summed E-state index contributed by atoms with van der Waals surface area (Å²) in [6.45, 7) is 0. The van der Waals surface area contributed by atoms with E-state index in [-0.39, 0.29) is 29.6 Å². The summed E-state index contributed by atoms with van der Waals surface area (Å²) < 4.78 is 29.1. The molecule has 0 aromatic rings. The number of hydroxylamine groups is 1. The fraction of sp³-hybridized carbons (Fsp3) is 0.500. The molecule has 77 valence electrons. The van der Waals surface area contributed by atoms with E-state index in [2.05, 4.69) is 0 Å². The Hall–Kier alpha value is -0.190. The molecule has 4 N–H and O–H groups in total. The number of hydrogen-bond donors (Lipinski definition) is 4. The van der Waals surface area contributed by atoms with Crippen LogP contribution in [0.25, 0.3) is 0 Å². The van der Waals surface area contributed by atoms with Crippen molar-refractivity contribution in [3.8, 4) is 0 Å². The molecular formula is C4H7NNaO7S. The number of aliphatic carboxylic acids is 1. The molecule has 10 heteroatoms. The van der Waals surface area contributed by atoms with Gasteiger partial charge >= 0.3 is 5.97 Å². The van der Waals surface area contributed by atoms with Gasteiger partial charge in [0.2, 0.25) is 0 Å². The van der Waals surface area contributed by atoms with Crippen LogP contribution in [0.5, 0.6) is 0 Å². The maximum Gasteiger partial charge on any atom is 0.305 e. The minimum atomic E-state index is -4.82. The molecule has 0 spiro atoms. The number of hydrogen-bond acceptors (Lipinski definition) is 5. The van der Waals surface area contributed by atoms with Gasteiger partial charge in [-0.2, -0.15) is 8.42 Å². The Labute approximate surface area is 101 Å². The molecule has 0 heterocycles. The van der Waals surface area contributed by atoms with E-state index in [0.717, 1.165) is 5.48 Å². The van der Waals surface area contributed by atoms with Crippen molar-refractivity contribution in [3.05, 3.63) is 0 Å². The largest absolute Gasteiger partial charge is 0.481 e. The Morgan fingerprint density at radius 2 is 1.79 bits per heavy atom. The van der Waals surface area contributed by atoms with E-state index in [1.165, 1.54) is 0 Å². The Balaban J connectivity index is 0. The number of rotatable bonds is 4. The fourth-order valence-corrected chi connectivity index (χ4v) is 1.24. The first-order valence-electron chi connectivity index (χ1n) is 2.91. The van der Waals surface area contributed by atoms with Crippen molar-refractivity contribution in [3.63, 3.8) is 0 Å². The molecule has 0 aromatic heterocycles. The van der Waals surface area contributed by atoms with E-state index < -0.39 is 33.7 Å². The number of amides is 1. The van der Waals surface area contributed by atoms with Crippen molar-refractivity contribution in [2.75, 3.05) is 0 Å². The maximum atomic E-state index is 10.5. The molecule has 1 atom stereocenters. The average molecular weight is 236 g/mol. The quantitative estimate of drug-likeness (QED) is 0.188. The smallest absolute Gasteiger partial charge is 0.305 e. The van der Waals surface area contributed by atoms with Gasteiger partial charge in [0.15, 0.2) is 5.25 Å². The monoisotopic (exact) mass is 236 g/mol. The average Bonchev–Trinajstić information content (AvgIpc) is 1.96. The van der Waals surface area contributed by atoms with Gasteiger partial charge in [-0.1, -0.05) is 0 Å². The molecule has 14 heavy (non-hydrogen) atoms. The zero-order valence-corrected chi connectivity index (χ0v) is 9.98. The van der Waals surface area contributed by atoms with Gasteiger partial charge in [0, 0.05) is 29.6 Å². The molecule has 0 fully saturated rings. The van der Waals surface area contributed by atoms with Crippen molar-refractivity contribution < 1.29 is 32.9 Å². The third-order valence-electron chi connectivity index (χ3n) is 1.12. The third kappa shape index (κ3) is 5.52. The van der Waals surface area contributed by atoms with E-state index in [9.17, 15) is 18.0 Å².